The number of rotatable bonds is 8. The molecule has 1 heterocycles. The molecule has 7 heteroatoms. The molecule has 0 amide bonds. The van der Waals surface area contributed by atoms with Gasteiger partial charge in [0.1, 0.15) is 11.3 Å². The number of carboxylic acid groups (broad SMARTS) is 1. The summed E-state index contributed by atoms with van der Waals surface area (Å²) in [6.45, 7) is 8.01. The van der Waals surface area contributed by atoms with Crippen LogP contribution in [0.3, 0.4) is 0 Å². The van der Waals surface area contributed by atoms with E-state index in [-0.39, 0.29) is 23.3 Å². The first-order valence-electron chi connectivity index (χ1n) is 12.6. The Morgan fingerprint density at radius 3 is 2.65 bits per heavy atom. The molecule has 0 fully saturated rings. The van der Waals surface area contributed by atoms with Gasteiger partial charge in [0.05, 0.1) is 19.8 Å². The van der Waals surface area contributed by atoms with Crippen LogP contribution >= 0.6 is 11.6 Å². The number of aliphatic hydroxyl groups is 1. The van der Waals surface area contributed by atoms with Crippen LogP contribution in [-0.4, -0.2) is 47.7 Å². The number of benzene rings is 2. The van der Waals surface area contributed by atoms with Crippen molar-refractivity contribution in [3.63, 3.8) is 0 Å². The number of carboxylic acids is 1. The van der Waals surface area contributed by atoms with Crippen molar-refractivity contribution in [2.24, 2.45) is 0 Å². The molecule has 0 aromatic heterocycles. The third-order valence-electron chi connectivity index (χ3n) is 7.10. The number of aromatic hydroxyl groups is 1. The molecular formula is C30H34ClNO5. The zero-order valence-corrected chi connectivity index (χ0v) is 22.3. The van der Waals surface area contributed by atoms with Crippen LogP contribution in [0.1, 0.15) is 60.2 Å². The van der Waals surface area contributed by atoms with Crippen molar-refractivity contribution in [2.75, 3.05) is 31.3 Å². The number of halogens is 1. The third kappa shape index (κ3) is 5.61. The number of aryl methyl sites for hydroxylation is 1. The number of nitrogens with zero attached hydrogens (tertiary/aromatic N) is 1. The number of allylic oxidation sites excluding steroid dienone is 5. The fourth-order valence-electron chi connectivity index (χ4n) is 5.16. The van der Waals surface area contributed by atoms with Crippen molar-refractivity contribution in [3.8, 4) is 5.75 Å². The number of hydrogen-bond donors (Lipinski definition) is 3. The van der Waals surface area contributed by atoms with Crippen molar-refractivity contribution in [3.05, 3.63) is 86.6 Å². The molecule has 2 aliphatic rings. The lowest BCUT2D eigenvalue weighted by molar-refractivity contribution is 0.0693. The maximum atomic E-state index is 11.4. The quantitative estimate of drug-likeness (QED) is 0.359. The average molecular weight is 524 g/mol. The summed E-state index contributed by atoms with van der Waals surface area (Å²) in [6, 6.07) is 11.1. The average Bonchev–Trinajstić information content (AvgIpc) is 3.06. The molecule has 0 bridgehead atoms. The Hall–Kier alpha value is -3.06. The fourth-order valence-corrected chi connectivity index (χ4v) is 5.46. The molecule has 1 aliphatic heterocycles. The van der Waals surface area contributed by atoms with Gasteiger partial charge in [0.15, 0.2) is 0 Å². The van der Waals surface area contributed by atoms with E-state index >= 15 is 0 Å². The van der Waals surface area contributed by atoms with E-state index in [0.29, 0.717) is 30.4 Å². The molecule has 2 aromatic rings. The number of aliphatic hydroxyl groups excluding tert-OH is 1. The molecule has 0 saturated carbocycles. The predicted octanol–water partition coefficient (Wildman–Crippen LogP) is 6.15. The molecule has 0 unspecified atom stereocenters. The van der Waals surface area contributed by atoms with Crippen LogP contribution in [-0.2, 0) is 10.2 Å². The third-order valence-corrected chi connectivity index (χ3v) is 7.59. The minimum absolute atomic E-state index is 0.00341. The van der Waals surface area contributed by atoms with Gasteiger partial charge in [-0.1, -0.05) is 55.3 Å². The number of aromatic carboxylic acids is 1. The number of ether oxygens (including phenoxy) is 1. The summed E-state index contributed by atoms with van der Waals surface area (Å²) in [7, 11) is 0. The maximum Gasteiger partial charge on any atom is 0.339 e. The lowest BCUT2D eigenvalue weighted by Crippen LogP contribution is -2.29. The highest BCUT2D eigenvalue weighted by Crippen LogP contribution is 2.49. The Balaban J connectivity index is 1.73. The highest BCUT2D eigenvalue weighted by atomic mass is 35.5. The molecule has 0 saturated heterocycles. The molecule has 0 radical (unpaired) electrons. The van der Waals surface area contributed by atoms with Gasteiger partial charge in [-0.2, -0.15) is 0 Å². The van der Waals surface area contributed by atoms with E-state index in [1.54, 1.807) is 6.07 Å². The minimum Gasteiger partial charge on any atom is -0.507 e. The molecule has 3 N–H and O–H groups in total. The van der Waals surface area contributed by atoms with E-state index in [2.05, 4.69) is 49.9 Å². The predicted molar refractivity (Wildman–Crippen MR) is 147 cm³/mol. The van der Waals surface area contributed by atoms with Crippen LogP contribution in [0.15, 0.2) is 64.3 Å². The number of anilines is 1. The van der Waals surface area contributed by atoms with E-state index in [1.807, 2.05) is 6.08 Å². The Morgan fingerprint density at radius 1 is 1.14 bits per heavy atom. The van der Waals surface area contributed by atoms with E-state index in [9.17, 15) is 15.0 Å². The van der Waals surface area contributed by atoms with Gasteiger partial charge in [0, 0.05) is 28.4 Å². The summed E-state index contributed by atoms with van der Waals surface area (Å²) >= 11 is 6.96. The molecule has 2 aromatic carbocycles. The number of phenols is 1. The Bertz CT molecular complexity index is 1290. The minimum atomic E-state index is -1.17. The van der Waals surface area contributed by atoms with Crippen molar-refractivity contribution in [1.82, 2.24) is 0 Å². The normalized spacial score (nSPS) is 19.1. The maximum absolute atomic E-state index is 11.4. The molecule has 0 spiro atoms. The van der Waals surface area contributed by atoms with Gasteiger partial charge in [-0.15, -0.1) is 0 Å². The molecule has 196 valence electrons. The summed E-state index contributed by atoms with van der Waals surface area (Å²) in [5.41, 5.74) is 7.08. The summed E-state index contributed by atoms with van der Waals surface area (Å²) in [6.07, 6.45) is 6.67. The second-order valence-corrected chi connectivity index (χ2v) is 10.5. The Morgan fingerprint density at radius 2 is 1.92 bits per heavy atom. The van der Waals surface area contributed by atoms with Crippen LogP contribution in [0.4, 0.5) is 5.69 Å². The van der Waals surface area contributed by atoms with Crippen molar-refractivity contribution in [2.45, 2.75) is 45.4 Å². The fraction of sp³-hybridized carbons (Fsp3) is 0.367. The van der Waals surface area contributed by atoms with Gasteiger partial charge < -0.3 is 25.0 Å². The Labute approximate surface area is 223 Å². The summed E-state index contributed by atoms with van der Waals surface area (Å²) < 4.78 is 5.60. The molecule has 1 aliphatic carbocycles. The monoisotopic (exact) mass is 523 g/mol. The highest BCUT2D eigenvalue weighted by Gasteiger charge is 2.40. The Kier molecular flexibility index (Phi) is 8.12. The lowest BCUT2D eigenvalue weighted by atomic mass is 9.81. The van der Waals surface area contributed by atoms with Crippen LogP contribution in [0, 0.1) is 6.92 Å². The van der Waals surface area contributed by atoms with E-state index < -0.39 is 5.97 Å². The van der Waals surface area contributed by atoms with Gasteiger partial charge >= 0.3 is 5.97 Å². The zero-order valence-electron chi connectivity index (χ0n) is 21.6. The lowest BCUT2D eigenvalue weighted by Gasteiger charge is -2.29. The molecule has 6 nitrogen and oxygen atoms in total. The first kappa shape index (κ1) is 27.0. The topological polar surface area (TPSA) is 90.2 Å². The van der Waals surface area contributed by atoms with E-state index in [1.165, 1.54) is 23.3 Å². The second kappa shape index (κ2) is 11.1. The van der Waals surface area contributed by atoms with Crippen LogP contribution in [0.2, 0.25) is 0 Å². The van der Waals surface area contributed by atoms with Crippen molar-refractivity contribution >= 4 is 29.3 Å². The number of fused-ring (bicyclic) bond motifs is 1. The van der Waals surface area contributed by atoms with Gasteiger partial charge in [-0.3, -0.25) is 0 Å². The summed E-state index contributed by atoms with van der Waals surface area (Å²) in [4.78, 5) is 13.7. The largest absolute Gasteiger partial charge is 0.507 e. The van der Waals surface area contributed by atoms with Crippen molar-refractivity contribution in [1.29, 1.82) is 0 Å². The second-order valence-electron chi connectivity index (χ2n) is 10.1. The van der Waals surface area contributed by atoms with Gasteiger partial charge in [0.2, 0.25) is 0 Å². The van der Waals surface area contributed by atoms with Crippen LogP contribution in [0.25, 0.3) is 6.08 Å². The first-order valence-corrected chi connectivity index (χ1v) is 13.0. The van der Waals surface area contributed by atoms with Crippen molar-refractivity contribution < 1.29 is 24.9 Å². The summed E-state index contributed by atoms with van der Waals surface area (Å²) in [5.74, 6) is -1.43. The van der Waals surface area contributed by atoms with E-state index in [0.717, 1.165) is 41.8 Å². The first-order chi connectivity index (χ1) is 17.6. The van der Waals surface area contributed by atoms with Crippen LogP contribution < -0.4 is 4.90 Å². The highest BCUT2D eigenvalue weighted by molar-refractivity contribution is 6.33. The molecular weight excluding hydrogens is 490 g/mol. The van der Waals surface area contributed by atoms with Crippen LogP contribution in [0.5, 0.6) is 5.75 Å². The molecule has 0 atom stereocenters. The smallest absolute Gasteiger partial charge is 0.339 e. The van der Waals surface area contributed by atoms with Gasteiger partial charge in [0.25, 0.3) is 0 Å². The van der Waals surface area contributed by atoms with Gasteiger partial charge in [-0.25, -0.2) is 4.79 Å². The number of hydrogen-bond acceptors (Lipinski definition) is 5. The summed E-state index contributed by atoms with van der Waals surface area (Å²) in [5, 5.41) is 29.0. The standard InChI is InChI=1S/C30H34ClNO5/c1-19-7-9-25-24(15-19)30(2,3)27(32(25)11-13-37-14-12-33)18-22-6-4-5-21(28(22)31)16-20-8-10-26(34)23(17-20)29(35)36/h7-10,15-18,33-34H,4-6,11-14H2,1-3H3,(H,35,36)/b21-16+,27-18+. The SMILES string of the molecule is Cc1ccc2c(c1)C(C)(C)/C(=C\C1=C(Cl)C(=C/c3ccc(O)c(C(=O)O)c3)/CCC1)N2CCOCCO. The molecule has 37 heavy (non-hydrogen) atoms. The van der Waals surface area contributed by atoms with Gasteiger partial charge in [-0.05, 0) is 72.7 Å². The number of carbonyl (C=O) groups is 1. The van der Waals surface area contributed by atoms with E-state index in [4.69, 9.17) is 21.4 Å². The molecule has 4 rings (SSSR count). The zero-order chi connectivity index (χ0) is 26.7.